The molecular formula is C11H13BrFN3O3S. The Bertz CT molecular complexity index is 630. The zero-order valence-corrected chi connectivity index (χ0v) is 12.8. The largest absolute Gasteiger partial charge is 0.336 e. The maximum absolute atomic E-state index is 13.4. The van der Waals surface area contributed by atoms with Gasteiger partial charge in [-0.3, -0.25) is 4.79 Å². The quantitative estimate of drug-likeness (QED) is 0.830. The van der Waals surface area contributed by atoms with Gasteiger partial charge in [-0.05, 0) is 34.1 Å². The lowest BCUT2D eigenvalue weighted by Crippen LogP contribution is -2.52. The second-order valence-corrected chi connectivity index (χ2v) is 6.77. The van der Waals surface area contributed by atoms with Gasteiger partial charge in [0.25, 0.3) is 16.1 Å². The highest BCUT2D eigenvalue weighted by Gasteiger charge is 2.27. The van der Waals surface area contributed by atoms with E-state index < -0.39 is 16.0 Å². The van der Waals surface area contributed by atoms with Crippen LogP contribution in [0.15, 0.2) is 22.7 Å². The highest BCUT2D eigenvalue weighted by atomic mass is 79.9. The summed E-state index contributed by atoms with van der Waals surface area (Å²) in [6, 6.07) is 4.13. The third kappa shape index (κ3) is 3.35. The van der Waals surface area contributed by atoms with Crippen molar-refractivity contribution in [3.63, 3.8) is 0 Å². The van der Waals surface area contributed by atoms with Crippen LogP contribution in [0.4, 0.5) is 4.39 Å². The van der Waals surface area contributed by atoms with Gasteiger partial charge in [-0.15, -0.1) is 0 Å². The van der Waals surface area contributed by atoms with Crippen molar-refractivity contribution >= 4 is 32.0 Å². The Balaban J connectivity index is 2.07. The lowest BCUT2D eigenvalue weighted by Gasteiger charge is -2.33. The lowest BCUT2D eigenvalue weighted by atomic mass is 10.2. The van der Waals surface area contributed by atoms with Gasteiger partial charge in [0.05, 0.1) is 4.47 Å². The maximum atomic E-state index is 13.4. The molecule has 1 aliphatic rings. The summed E-state index contributed by atoms with van der Waals surface area (Å²) in [4.78, 5) is 13.6. The van der Waals surface area contributed by atoms with Crippen molar-refractivity contribution in [3.05, 3.63) is 34.1 Å². The van der Waals surface area contributed by atoms with Gasteiger partial charge in [0.2, 0.25) is 0 Å². The second kappa shape index (κ2) is 5.76. The third-order valence-corrected chi connectivity index (χ3v) is 4.78. The van der Waals surface area contributed by atoms with Crippen molar-refractivity contribution in [2.24, 2.45) is 5.14 Å². The van der Waals surface area contributed by atoms with Gasteiger partial charge in [0, 0.05) is 31.7 Å². The fourth-order valence-corrected chi connectivity index (χ4v) is 2.88. The minimum atomic E-state index is -3.72. The Hall–Kier alpha value is -1.03. The third-order valence-electron chi connectivity index (χ3n) is 3.05. The van der Waals surface area contributed by atoms with Crippen molar-refractivity contribution in [1.29, 1.82) is 0 Å². The normalized spacial score (nSPS) is 17.2. The minimum absolute atomic E-state index is 0.142. The minimum Gasteiger partial charge on any atom is -0.336 e. The number of hydrogen-bond acceptors (Lipinski definition) is 3. The zero-order valence-electron chi connectivity index (χ0n) is 10.4. The van der Waals surface area contributed by atoms with Crippen LogP contribution in [0, 0.1) is 5.82 Å². The van der Waals surface area contributed by atoms with Gasteiger partial charge in [-0.1, -0.05) is 0 Å². The SMILES string of the molecule is NS(=O)(=O)N1CCN(C(=O)c2ccc(Br)c(F)c2)CC1. The van der Waals surface area contributed by atoms with Gasteiger partial charge in [-0.25, -0.2) is 9.53 Å². The van der Waals surface area contributed by atoms with Crippen LogP contribution < -0.4 is 5.14 Å². The molecule has 1 heterocycles. The Morgan fingerprint density at radius 2 is 1.85 bits per heavy atom. The molecule has 1 aromatic carbocycles. The number of amides is 1. The lowest BCUT2D eigenvalue weighted by molar-refractivity contribution is 0.0697. The van der Waals surface area contributed by atoms with Crippen LogP contribution in [0.25, 0.3) is 0 Å². The van der Waals surface area contributed by atoms with E-state index in [9.17, 15) is 17.6 Å². The molecule has 9 heteroatoms. The number of carbonyl (C=O) groups excluding carboxylic acids is 1. The molecule has 1 aliphatic heterocycles. The number of nitrogens with two attached hydrogens (primary N) is 1. The number of carbonyl (C=O) groups is 1. The van der Waals surface area contributed by atoms with E-state index in [-0.39, 0.29) is 42.1 Å². The Morgan fingerprint density at radius 3 is 2.35 bits per heavy atom. The summed E-state index contributed by atoms with van der Waals surface area (Å²) in [5.74, 6) is -0.843. The Morgan fingerprint density at radius 1 is 1.25 bits per heavy atom. The van der Waals surface area contributed by atoms with E-state index >= 15 is 0 Å². The van der Waals surface area contributed by atoms with Crippen molar-refractivity contribution in [1.82, 2.24) is 9.21 Å². The Kier molecular flexibility index (Phi) is 4.43. The fourth-order valence-electron chi connectivity index (χ4n) is 1.96. The highest BCUT2D eigenvalue weighted by Crippen LogP contribution is 2.18. The van der Waals surface area contributed by atoms with E-state index in [0.717, 1.165) is 10.4 Å². The maximum Gasteiger partial charge on any atom is 0.277 e. The number of piperazine rings is 1. The molecule has 0 unspecified atom stereocenters. The van der Waals surface area contributed by atoms with Crippen molar-refractivity contribution in [3.8, 4) is 0 Å². The van der Waals surface area contributed by atoms with E-state index in [1.54, 1.807) is 0 Å². The summed E-state index contributed by atoms with van der Waals surface area (Å²) >= 11 is 3.02. The number of benzene rings is 1. The molecule has 1 amide bonds. The molecule has 0 radical (unpaired) electrons. The summed E-state index contributed by atoms with van der Waals surface area (Å²) in [6.45, 7) is 0.743. The second-order valence-electron chi connectivity index (χ2n) is 4.37. The molecule has 110 valence electrons. The van der Waals surface area contributed by atoms with E-state index in [4.69, 9.17) is 5.14 Å². The first-order valence-corrected chi connectivity index (χ1v) is 8.11. The summed E-state index contributed by atoms with van der Waals surface area (Å²) in [7, 11) is -3.72. The van der Waals surface area contributed by atoms with Gasteiger partial charge >= 0.3 is 0 Å². The monoisotopic (exact) mass is 365 g/mol. The number of hydrogen-bond donors (Lipinski definition) is 1. The first kappa shape index (κ1) is 15.4. The molecule has 1 aromatic rings. The van der Waals surface area contributed by atoms with Crippen molar-refractivity contribution in [2.45, 2.75) is 0 Å². The molecule has 20 heavy (non-hydrogen) atoms. The van der Waals surface area contributed by atoms with E-state index in [1.807, 2.05) is 0 Å². The molecule has 1 saturated heterocycles. The average molecular weight is 366 g/mol. The number of rotatable bonds is 2. The molecule has 1 fully saturated rings. The van der Waals surface area contributed by atoms with Crippen LogP contribution in [0.3, 0.4) is 0 Å². The zero-order chi connectivity index (χ0) is 14.9. The molecule has 0 atom stereocenters. The number of nitrogens with zero attached hydrogens (tertiary/aromatic N) is 2. The van der Waals surface area contributed by atoms with Gasteiger partial charge in [0.15, 0.2) is 0 Å². The standard InChI is InChI=1S/C11H13BrFN3O3S/c12-9-2-1-8(7-10(9)13)11(17)15-3-5-16(6-4-15)20(14,18)19/h1-2,7H,3-6H2,(H2,14,18,19). The molecular weight excluding hydrogens is 353 g/mol. The van der Waals surface area contributed by atoms with Gasteiger partial charge in [0.1, 0.15) is 5.82 Å². The van der Waals surface area contributed by atoms with Crippen LogP contribution in [0.1, 0.15) is 10.4 Å². The van der Waals surface area contributed by atoms with Crippen molar-refractivity contribution in [2.75, 3.05) is 26.2 Å². The average Bonchev–Trinajstić information content (AvgIpc) is 2.40. The molecule has 0 aromatic heterocycles. The van der Waals surface area contributed by atoms with Gasteiger partial charge < -0.3 is 4.90 Å². The summed E-state index contributed by atoms with van der Waals surface area (Å²) in [5.41, 5.74) is 0.231. The predicted octanol–water partition coefficient (Wildman–Crippen LogP) is 0.550. The smallest absolute Gasteiger partial charge is 0.277 e. The van der Waals surface area contributed by atoms with Gasteiger partial charge in [-0.2, -0.15) is 12.7 Å². The van der Waals surface area contributed by atoms with Crippen LogP contribution in [-0.4, -0.2) is 49.7 Å². The molecule has 0 aliphatic carbocycles. The van der Waals surface area contributed by atoms with Crippen LogP contribution in [0.2, 0.25) is 0 Å². The van der Waals surface area contributed by atoms with E-state index in [0.29, 0.717) is 0 Å². The summed E-state index contributed by atoms with van der Waals surface area (Å²) in [6.07, 6.45) is 0. The predicted molar refractivity (Wildman–Crippen MR) is 74.7 cm³/mol. The molecule has 2 N–H and O–H groups in total. The molecule has 6 nitrogen and oxygen atoms in total. The summed E-state index contributed by atoms with van der Waals surface area (Å²) < 4.78 is 37.1. The van der Waals surface area contributed by atoms with E-state index in [1.165, 1.54) is 17.0 Å². The first-order chi connectivity index (χ1) is 9.29. The van der Waals surface area contributed by atoms with Crippen LogP contribution >= 0.6 is 15.9 Å². The summed E-state index contributed by atoms with van der Waals surface area (Å²) in [5, 5.41) is 5.02. The molecule has 0 spiro atoms. The highest BCUT2D eigenvalue weighted by molar-refractivity contribution is 9.10. The topological polar surface area (TPSA) is 83.7 Å². The van der Waals surface area contributed by atoms with Crippen molar-refractivity contribution < 1.29 is 17.6 Å². The molecule has 0 saturated carbocycles. The first-order valence-electron chi connectivity index (χ1n) is 5.81. The van der Waals surface area contributed by atoms with Crippen LogP contribution in [-0.2, 0) is 10.2 Å². The van der Waals surface area contributed by atoms with Crippen LogP contribution in [0.5, 0.6) is 0 Å². The molecule has 2 rings (SSSR count). The van der Waals surface area contributed by atoms with E-state index in [2.05, 4.69) is 15.9 Å². The Labute approximate surface area is 124 Å². The molecule has 0 bridgehead atoms. The fraction of sp³-hybridized carbons (Fsp3) is 0.364. The number of halogens is 2.